The van der Waals surface area contributed by atoms with Crippen LogP contribution in [0.3, 0.4) is 0 Å². The van der Waals surface area contributed by atoms with Crippen LogP contribution in [0.15, 0.2) is 27.6 Å². The van der Waals surface area contributed by atoms with E-state index in [4.69, 9.17) is 4.55 Å². The van der Waals surface area contributed by atoms with Gasteiger partial charge in [0.1, 0.15) is 0 Å². The van der Waals surface area contributed by atoms with E-state index in [0.29, 0.717) is 6.07 Å². The summed E-state index contributed by atoms with van der Waals surface area (Å²) < 4.78 is 66.4. The van der Waals surface area contributed by atoms with Crippen LogP contribution in [-0.2, 0) is 16.3 Å². The van der Waals surface area contributed by atoms with Crippen molar-refractivity contribution in [2.75, 3.05) is 0 Å². The third-order valence-corrected chi connectivity index (χ3v) is 3.08. The molecular weight excluding hydrogens is 336 g/mol. The molecule has 0 spiro atoms. The molecule has 0 radical (unpaired) electrons. The van der Waals surface area contributed by atoms with Gasteiger partial charge in [-0.3, -0.25) is 4.55 Å². The Morgan fingerprint density at radius 3 is 2.12 bits per heavy atom. The zero-order valence-electron chi connectivity index (χ0n) is 7.32. The van der Waals surface area contributed by atoms with Gasteiger partial charge in [-0.2, -0.15) is 21.6 Å². The molecule has 0 saturated heterocycles. The van der Waals surface area contributed by atoms with Crippen molar-refractivity contribution in [2.24, 2.45) is 0 Å². The Balaban J connectivity index is 0.00000225. The molecule has 0 aliphatic rings. The van der Waals surface area contributed by atoms with E-state index in [1.807, 2.05) is 0 Å². The van der Waals surface area contributed by atoms with Gasteiger partial charge in [0.05, 0.1) is 10.5 Å². The van der Waals surface area contributed by atoms with Crippen LogP contribution < -0.4 is 0 Å². The van der Waals surface area contributed by atoms with Crippen molar-refractivity contribution in [1.82, 2.24) is 0 Å². The van der Waals surface area contributed by atoms with Gasteiger partial charge in [0.25, 0.3) is 10.1 Å². The molecule has 0 amide bonds. The van der Waals surface area contributed by atoms with E-state index in [-0.39, 0.29) is 16.9 Å². The largest absolute Gasteiger partial charge is 0.417 e. The molecule has 0 atom stereocenters. The number of alkyl halides is 3. The lowest BCUT2D eigenvalue weighted by molar-refractivity contribution is -0.138. The molecule has 3 nitrogen and oxygen atoms in total. The predicted octanol–water partition coefficient (Wildman–Crippen LogP) is 3.14. The average Bonchev–Trinajstić information content (AvgIpc) is 2.00. The second kappa shape index (κ2) is 4.91. The monoisotopic (exact) mass is 340 g/mol. The van der Waals surface area contributed by atoms with Crippen molar-refractivity contribution in [1.29, 1.82) is 0 Å². The summed E-state index contributed by atoms with van der Waals surface area (Å²) in [5.41, 5.74) is -1.15. The lowest BCUT2D eigenvalue weighted by Gasteiger charge is -2.09. The Labute approximate surface area is 104 Å². The Morgan fingerprint density at radius 1 is 1.25 bits per heavy atom. The van der Waals surface area contributed by atoms with Gasteiger partial charge in [0.2, 0.25) is 0 Å². The number of hydrogen-bond acceptors (Lipinski definition) is 2. The highest BCUT2D eigenvalue weighted by atomic mass is 79.9. The fourth-order valence-corrected chi connectivity index (χ4v) is 1.86. The first kappa shape index (κ1) is 15.7. The third-order valence-electron chi connectivity index (χ3n) is 1.54. The SMILES string of the molecule is Cl.O=S(=O)(O)c1ccc(Br)c(C(F)(F)F)c1. The molecule has 0 unspecified atom stereocenters. The van der Waals surface area contributed by atoms with E-state index in [0.717, 1.165) is 12.1 Å². The normalized spacial score (nSPS) is 12.1. The minimum Gasteiger partial charge on any atom is -0.282 e. The molecular formula is C7H5BrClF3O3S. The first-order valence-electron chi connectivity index (χ1n) is 3.46. The maximum atomic E-state index is 12.3. The molecule has 1 N–H and O–H groups in total. The van der Waals surface area contributed by atoms with Crippen LogP contribution in [0.4, 0.5) is 13.2 Å². The Kier molecular flexibility index (Phi) is 4.81. The highest BCUT2D eigenvalue weighted by Crippen LogP contribution is 2.35. The Bertz CT molecular complexity index is 486. The van der Waals surface area contributed by atoms with Gasteiger partial charge < -0.3 is 0 Å². The van der Waals surface area contributed by atoms with Crippen molar-refractivity contribution >= 4 is 38.5 Å². The fraction of sp³-hybridized carbons (Fsp3) is 0.143. The van der Waals surface area contributed by atoms with E-state index in [1.54, 1.807) is 0 Å². The van der Waals surface area contributed by atoms with E-state index in [1.165, 1.54) is 0 Å². The third kappa shape index (κ3) is 3.62. The average molecular weight is 342 g/mol. The van der Waals surface area contributed by atoms with Crippen LogP contribution in [0.5, 0.6) is 0 Å². The smallest absolute Gasteiger partial charge is 0.282 e. The number of benzene rings is 1. The Hall–Kier alpha value is -0.310. The van der Waals surface area contributed by atoms with Crippen molar-refractivity contribution in [3.05, 3.63) is 28.2 Å². The van der Waals surface area contributed by atoms with Crippen LogP contribution in [0.2, 0.25) is 0 Å². The van der Waals surface area contributed by atoms with Crippen LogP contribution in [-0.4, -0.2) is 13.0 Å². The second-order valence-corrected chi connectivity index (χ2v) is 4.89. The van der Waals surface area contributed by atoms with Gasteiger partial charge in [0.15, 0.2) is 0 Å². The highest BCUT2D eigenvalue weighted by Gasteiger charge is 2.34. The van der Waals surface area contributed by atoms with Crippen LogP contribution in [0.25, 0.3) is 0 Å². The van der Waals surface area contributed by atoms with Gasteiger partial charge in [-0.25, -0.2) is 0 Å². The topological polar surface area (TPSA) is 54.4 Å². The van der Waals surface area contributed by atoms with Gasteiger partial charge in [-0.05, 0) is 18.2 Å². The molecule has 0 heterocycles. The lowest BCUT2D eigenvalue weighted by atomic mass is 10.2. The summed E-state index contributed by atoms with van der Waals surface area (Å²) >= 11 is 2.64. The second-order valence-electron chi connectivity index (χ2n) is 2.61. The van der Waals surface area contributed by atoms with Crippen molar-refractivity contribution in [3.63, 3.8) is 0 Å². The summed E-state index contributed by atoms with van der Waals surface area (Å²) in [5, 5.41) is 0. The van der Waals surface area contributed by atoms with Crippen molar-refractivity contribution < 1.29 is 26.1 Å². The Morgan fingerprint density at radius 2 is 1.75 bits per heavy atom. The summed E-state index contributed by atoms with van der Waals surface area (Å²) in [4.78, 5) is -0.793. The molecule has 92 valence electrons. The van der Waals surface area contributed by atoms with E-state index in [2.05, 4.69) is 15.9 Å². The van der Waals surface area contributed by atoms with Gasteiger partial charge in [-0.15, -0.1) is 12.4 Å². The maximum Gasteiger partial charge on any atom is 0.417 e. The van der Waals surface area contributed by atoms with Crippen molar-refractivity contribution in [3.8, 4) is 0 Å². The summed E-state index contributed by atoms with van der Waals surface area (Å²) in [6.07, 6.45) is -4.68. The van der Waals surface area contributed by atoms with Gasteiger partial charge in [0, 0.05) is 4.47 Å². The molecule has 0 aromatic heterocycles. The van der Waals surface area contributed by atoms with Gasteiger partial charge >= 0.3 is 6.18 Å². The number of halogens is 5. The zero-order chi connectivity index (χ0) is 11.9. The predicted molar refractivity (Wildman–Crippen MR) is 56.2 cm³/mol. The molecule has 9 heteroatoms. The maximum absolute atomic E-state index is 12.3. The summed E-state index contributed by atoms with van der Waals surface area (Å²) in [5.74, 6) is 0. The number of hydrogen-bond donors (Lipinski definition) is 1. The quantitative estimate of drug-likeness (QED) is 0.799. The minimum atomic E-state index is -4.68. The number of rotatable bonds is 1. The molecule has 1 rings (SSSR count). The summed E-state index contributed by atoms with van der Waals surface area (Å²) in [7, 11) is -4.62. The zero-order valence-corrected chi connectivity index (χ0v) is 10.5. The lowest BCUT2D eigenvalue weighted by Crippen LogP contribution is -2.08. The molecule has 0 aliphatic heterocycles. The van der Waals surface area contributed by atoms with Crippen molar-refractivity contribution in [2.45, 2.75) is 11.1 Å². The molecule has 16 heavy (non-hydrogen) atoms. The first-order valence-corrected chi connectivity index (χ1v) is 5.70. The first-order chi connectivity index (χ1) is 6.62. The summed E-state index contributed by atoms with van der Waals surface area (Å²) in [6, 6.07) is 2.14. The van der Waals surface area contributed by atoms with E-state index in [9.17, 15) is 21.6 Å². The van der Waals surface area contributed by atoms with Crippen LogP contribution >= 0.6 is 28.3 Å². The molecule has 0 bridgehead atoms. The van der Waals surface area contributed by atoms with Crippen LogP contribution in [0.1, 0.15) is 5.56 Å². The van der Waals surface area contributed by atoms with E-state index >= 15 is 0 Å². The van der Waals surface area contributed by atoms with E-state index < -0.39 is 26.8 Å². The molecule has 0 fully saturated rings. The minimum absolute atomic E-state index is 0. The molecule has 0 aliphatic carbocycles. The summed E-state index contributed by atoms with van der Waals surface area (Å²) in [6.45, 7) is 0. The van der Waals surface area contributed by atoms with Gasteiger partial charge in [-0.1, -0.05) is 15.9 Å². The molecule has 0 saturated carbocycles. The molecule has 1 aromatic carbocycles. The van der Waals surface area contributed by atoms with Crippen LogP contribution in [0, 0.1) is 0 Å². The fourth-order valence-electron chi connectivity index (χ4n) is 0.882. The molecule has 1 aromatic rings. The highest BCUT2D eigenvalue weighted by molar-refractivity contribution is 9.10. The standard InChI is InChI=1S/C7H4BrF3O3S.ClH/c8-6-2-1-4(15(12,13)14)3-5(6)7(9,10)11;/h1-3H,(H,12,13,14);1H.